The van der Waals surface area contributed by atoms with Crippen molar-refractivity contribution in [2.24, 2.45) is 5.92 Å². The van der Waals surface area contributed by atoms with Crippen molar-refractivity contribution in [2.45, 2.75) is 107 Å². The molecule has 1 aromatic carbocycles. The van der Waals surface area contributed by atoms with E-state index in [0.717, 1.165) is 24.8 Å². The molecule has 0 aromatic heterocycles. The minimum atomic E-state index is -1.05. The Balaban J connectivity index is 1.38. The summed E-state index contributed by atoms with van der Waals surface area (Å²) in [7, 11) is 1.51. The number of hydrogen-bond acceptors (Lipinski definition) is 9. The number of rotatable bonds is 5. The van der Waals surface area contributed by atoms with Crippen LogP contribution in [0.5, 0.6) is 5.75 Å². The van der Waals surface area contributed by atoms with Gasteiger partial charge in [-0.25, -0.2) is 4.79 Å². The first-order chi connectivity index (χ1) is 24.5. The summed E-state index contributed by atoms with van der Waals surface area (Å²) in [6.07, 6.45) is 18.1. The molecule has 4 aliphatic rings. The van der Waals surface area contributed by atoms with Crippen LogP contribution in [-0.2, 0) is 35.1 Å². The number of allylic oxidation sites excluding steroid dienone is 6. The van der Waals surface area contributed by atoms with Gasteiger partial charge in [0.1, 0.15) is 17.4 Å². The van der Waals surface area contributed by atoms with E-state index >= 15 is 0 Å². The summed E-state index contributed by atoms with van der Waals surface area (Å²) in [5, 5.41) is 31.4. The van der Waals surface area contributed by atoms with Gasteiger partial charge in [0, 0.05) is 25.0 Å². The zero-order valence-corrected chi connectivity index (χ0v) is 30.4. The second kappa shape index (κ2) is 17.4. The fourth-order valence-corrected chi connectivity index (χ4v) is 7.36. The molecule has 11 nitrogen and oxygen atoms in total. The monoisotopic (exact) mass is 719 g/mol. The summed E-state index contributed by atoms with van der Waals surface area (Å²) in [5.74, 6) is -1.66. The molecule has 4 atom stereocenters. The van der Waals surface area contributed by atoms with E-state index in [1.807, 2.05) is 38.2 Å². The van der Waals surface area contributed by atoms with Gasteiger partial charge in [0.2, 0.25) is 17.7 Å². The molecular formula is C39H49N3O8S. The lowest BCUT2D eigenvalue weighted by Gasteiger charge is -2.30. The number of esters is 1. The maximum atomic E-state index is 13.6. The number of hydrogen-bond donors (Lipinski definition) is 5. The fourth-order valence-electron chi connectivity index (χ4n) is 6.46. The van der Waals surface area contributed by atoms with Gasteiger partial charge in [0.15, 0.2) is 0 Å². The first kappa shape index (κ1) is 38.1. The Morgan fingerprint density at radius 3 is 2.53 bits per heavy atom. The van der Waals surface area contributed by atoms with Crippen LogP contribution < -0.4 is 16.0 Å². The zero-order chi connectivity index (χ0) is 36.5. The normalized spacial score (nSPS) is 25.6. The van der Waals surface area contributed by atoms with Gasteiger partial charge in [-0.05, 0) is 75.5 Å². The molecule has 51 heavy (non-hydrogen) atoms. The molecular weight excluding hydrogens is 671 g/mol. The molecule has 3 amide bonds. The van der Waals surface area contributed by atoms with Crippen LogP contribution >= 0.6 is 11.8 Å². The molecule has 274 valence electrons. The van der Waals surface area contributed by atoms with E-state index in [9.17, 15) is 29.4 Å². The van der Waals surface area contributed by atoms with E-state index in [-0.39, 0.29) is 41.3 Å². The molecule has 1 fully saturated rings. The van der Waals surface area contributed by atoms with E-state index < -0.39 is 35.7 Å². The van der Waals surface area contributed by atoms with Crippen LogP contribution in [0.3, 0.4) is 0 Å². The highest BCUT2D eigenvalue weighted by Gasteiger charge is 2.54. The summed E-state index contributed by atoms with van der Waals surface area (Å²) in [5.41, 5.74) is 1.61. The van der Waals surface area contributed by atoms with Gasteiger partial charge >= 0.3 is 5.97 Å². The molecule has 0 radical (unpaired) electrons. The number of ether oxygens (including phenoxy) is 2. The van der Waals surface area contributed by atoms with Crippen LogP contribution in [0.2, 0.25) is 0 Å². The van der Waals surface area contributed by atoms with Crippen molar-refractivity contribution in [3.8, 4) is 5.75 Å². The van der Waals surface area contributed by atoms with Crippen LogP contribution in [0.4, 0.5) is 11.4 Å². The summed E-state index contributed by atoms with van der Waals surface area (Å²) in [6.45, 7) is 3.64. The van der Waals surface area contributed by atoms with Crippen LogP contribution in [0, 0.1) is 5.92 Å². The van der Waals surface area contributed by atoms with Crippen molar-refractivity contribution in [1.29, 1.82) is 0 Å². The summed E-state index contributed by atoms with van der Waals surface area (Å²) >= 11 is 1.24. The summed E-state index contributed by atoms with van der Waals surface area (Å²) < 4.78 is 11.6. The van der Waals surface area contributed by atoms with Crippen LogP contribution in [-0.4, -0.2) is 70.6 Å². The van der Waals surface area contributed by atoms with E-state index in [1.165, 1.54) is 18.9 Å². The maximum Gasteiger partial charge on any atom is 0.332 e. The highest BCUT2D eigenvalue weighted by molar-refractivity contribution is 8.00. The van der Waals surface area contributed by atoms with Crippen molar-refractivity contribution < 1.29 is 38.9 Å². The predicted octanol–water partition coefficient (Wildman–Crippen LogP) is 5.79. The molecule has 4 unspecified atom stereocenters. The molecule has 12 heteroatoms. The number of carbonyl (C=O) groups is 4. The van der Waals surface area contributed by atoms with Gasteiger partial charge in [0.05, 0.1) is 40.7 Å². The number of fused-ring (bicyclic) bond motifs is 4. The first-order valence-electron chi connectivity index (χ1n) is 17.7. The minimum absolute atomic E-state index is 0.00352. The van der Waals surface area contributed by atoms with Gasteiger partial charge in [0.25, 0.3) is 0 Å². The number of anilines is 2. The molecule has 5 rings (SSSR count). The number of aliphatic hydroxyl groups is 1. The summed E-state index contributed by atoms with van der Waals surface area (Å²) in [6, 6.07) is 1.72. The molecule has 0 saturated heterocycles. The number of aryl methyl sites for hydroxylation is 1. The first-order valence-corrected chi connectivity index (χ1v) is 18.7. The molecule has 0 spiro atoms. The van der Waals surface area contributed by atoms with E-state index in [2.05, 4.69) is 16.0 Å². The zero-order valence-electron chi connectivity index (χ0n) is 29.5. The van der Waals surface area contributed by atoms with Gasteiger partial charge in [-0.15, -0.1) is 11.8 Å². The number of amides is 3. The van der Waals surface area contributed by atoms with Gasteiger partial charge in [-0.1, -0.05) is 55.5 Å². The second-order valence-electron chi connectivity index (χ2n) is 13.7. The quantitative estimate of drug-likeness (QED) is 0.110. The van der Waals surface area contributed by atoms with Crippen molar-refractivity contribution in [3.63, 3.8) is 0 Å². The average Bonchev–Trinajstić information content (AvgIpc) is 3.91. The molecule has 2 aliphatic carbocycles. The van der Waals surface area contributed by atoms with Crippen LogP contribution in [0.15, 0.2) is 70.7 Å². The predicted molar refractivity (Wildman–Crippen MR) is 197 cm³/mol. The minimum Gasteiger partial charge on any atom is -0.505 e. The number of phenolic OH excluding ortho intramolecular Hbond substituents is 1. The van der Waals surface area contributed by atoms with Gasteiger partial charge < -0.3 is 35.6 Å². The van der Waals surface area contributed by atoms with Crippen LogP contribution in [0.1, 0.15) is 77.2 Å². The third kappa shape index (κ3) is 9.81. The third-order valence-corrected chi connectivity index (χ3v) is 11.0. The van der Waals surface area contributed by atoms with Gasteiger partial charge in [-0.3, -0.25) is 14.4 Å². The third-order valence-electron chi connectivity index (χ3n) is 9.84. The molecule has 5 N–H and O–H groups in total. The van der Waals surface area contributed by atoms with E-state index in [4.69, 9.17) is 9.47 Å². The lowest BCUT2D eigenvalue weighted by molar-refractivity contribution is -0.158. The van der Waals surface area contributed by atoms with Crippen molar-refractivity contribution in [3.05, 3.63) is 71.4 Å². The molecule has 1 saturated carbocycles. The Kier molecular flexibility index (Phi) is 13.0. The number of carbonyl (C=O) groups excluding carboxylic acids is 4. The Labute approximate surface area is 303 Å². The number of aromatic hydroxyl groups is 1. The number of benzene rings is 1. The average molecular weight is 720 g/mol. The van der Waals surface area contributed by atoms with Crippen molar-refractivity contribution in [2.75, 3.05) is 23.5 Å². The Hall–Kier alpha value is -4.13. The van der Waals surface area contributed by atoms with Gasteiger partial charge in [-0.2, -0.15) is 0 Å². The smallest absolute Gasteiger partial charge is 0.332 e. The maximum absolute atomic E-state index is 13.6. The number of methoxy groups -OCH3 is 1. The fraction of sp³-hybridized carbons (Fsp3) is 0.487. The van der Waals surface area contributed by atoms with E-state index in [0.29, 0.717) is 60.2 Å². The Bertz CT molecular complexity index is 1660. The number of phenols is 1. The number of nitrogens with one attached hydrogen (secondary N) is 3. The molecule has 2 heterocycles. The standard InChI is InChI=1S/C39H49N3O8S/c1-24-13-12-16-27-21-29-36(51-23-32(44)40-29)33(35(27)46)41-31(43)22-28(49-3)17-10-5-4-6-11-18-30(25(2)34(24)45)50-38(48)39(19-20-39)42-37(47)26-14-8-7-9-15-26/h4-6,10-11,13-14,17,21,25,28,30,34,45-46H,7-9,12,15-16,18-20,22-23H2,1-3H3,(H,40,44)(H,41,43)(H,42,47). The Morgan fingerprint density at radius 1 is 1.02 bits per heavy atom. The Morgan fingerprint density at radius 2 is 1.80 bits per heavy atom. The highest BCUT2D eigenvalue weighted by Crippen LogP contribution is 2.45. The number of thioether (sulfide) groups is 1. The SMILES string of the molecule is COC1C=CC=CC=CCC(OC(=O)C2(NC(=O)C3=CCCCC3)CC2)C(C)C(O)C(C)=CCCc2cc3c(c(c2O)NC(=O)C1)SCC(=O)N3. The largest absolute Gasteiger partial charge is 0.505 e. The van der Waals surface area contributed by atoms with Crippen LogP contribution in [0.25, 0.3) is 0 Å². The number of aliphatic hydroxyl groups excluding tert-OH is 1. The molecule has 2 bridgehead atoms. The topological polar surface area (TPSA) is 163 Å². The highest BCUT2D eigenvalue weighted by atomic mass is 32.2. The van der Waals surface area contributed by atoms with Crippen molar-refractivity contribution in [1.82, 2.24) is 5.32 Å². The summed E-state index contributed by atoms with van der Waals surface area (Å²) in [4.78, 5) is 52.5. The van der Waals surface area contributed by atoms with Crippen molar-refractivity contribution >= 4 is 46.8 Å². The van der Waals surface area contributed by atoms with E-state index in [1.54, 1.807) is 30.4 Å². The lowest BCUT2D eigenvalue weighted by Crippen LogP contribution is -2.47. The lowest BCUT2D eigenvalue weighted by atomic mass is 9.90. The second-order valence-corrected chi connectivity index (χ2v) is 14.7. The molecule has 1 aromatic rings. The molecule has 2 aliphatic heterocycles.